The summed E-state index contributed by atoms with van der Waals surface area (Å²) in [5.74, 6) is 0.784. The summed E-state index contributed by atoms with van der Waals surface area (Å²) in [6, 6.07) is 0. The molecule has 3 N–H and O–H groups in total. The minimum atomic E-state index is 0.0478. The van der Waals surface area contributed by atoms with E-state index in [-0.39, 0.29) is 5.41 Å². The molecule has 0 fully saturated rings. The van der Waals surface area contributed by atoms with Crippen molar-refractivity contribution in [3.05, 3.63) is 17.6 Å². The average Bonchev–Trinajstić information content (AvgIpc) is 2.83. The summed E-state index contributed by atoms with van der Waals surface area (Å²) in [6.45, 7) is 8.49. The Morgan fingerprint density at radius 2 is 2.06 bits per heavy atom. The summed E-state index contributed by atoms with van der Waals surface area (Å²) in [5.41, 5.74) is 9.76. The molecule has 0 spiro atoms. The highest BCUT2D eigenvalue weighted by Gasteiger charge is 2.20. The molecular formula is C13H21N5. The third-order valence-electron chi connectivity index (χ3n) is 3.10. The van der Waals surface area contributed by atoms with Gasteiger partial charge < -0.3 is 10.7 Å². The van der Waals surface area contributed by atoms with Gasteiger partial charge in [0.2, 0.25) is 0 Å². The van der Waals surface area contributed by atoms with E-state index in [0.29, 0.717) is 0 Å². The number of anilines is 1. The molecule has 0 radical (unpaired) electrons. The van der Waals surface area contributed by atoms with Gasteiger partial charge in [-0.15, -0.1) is 0 Å². The molecule has 2 rings (SSSR count). The van der Waals surface area contributed by atoms with Gasteiger partial charge in [-0.2, -0.15) is 5.10 Å². The maximum atomic E-state index is 6.12. The number of nitrogens with two attached hydrogens (primary N) is 1. The van der Waals surface area contributed by atoms with Gasteiger partial charge in [0.25, 0.3) is 0 Å². The highest BCUT2D eigenvalue weighted by Crippen LogP contribution is 2.28. The van der Waals surface area contributed by atoms with Crippen molar-refractivity contribution in [3.63, 3.8) is 0 Å². The molecule has 0 saturated heterocycles. The van der Waals surface area contributed by atoms with Crippen LogP contribution in [0.2, 0.25) is 0 Å². The zero-order chi connectivity index (χ0) is 13.5. The van der Waals surface area contributed by atoms with Crippen LogP contribution in [0.4, 0.5) is 5.69 Å². The Morgan fingerprint density at radius 3 is 2.50 bits per heavy atom. The summed E-state index contributed by atoms with van der Waals surface area (Å²) < 4.78 is 1.79. The Labute approximate surface area is 107 Å². The van der Waals surface area contributed by atoms with E-state index in [0.717, 1.165) is 35.0 Å². The number of aromatic amines is 1. The Kier molecular flexibility index (Phi) is 2.92. The minimum absolute atomic E-state index is 0.0478. The van der Waals surface area contributed by atoms with Crippen LogP contribution in [0.1, 0.15) is 39.1 Å². The summed E-state index contributed by atoms with van der Waals surface area (Å²) in [7, 11) is 1.89. The molecule has 5 nitrogen and oxygen atoms in total. The number of aromatic nitrogens is 4. The molecule has 0 saturated carbocycles. The molecule has 0 amide bonds. The number of H-pyrrole nitrogens is 1. The van der Waals surface area contributed by atoms with Crippen LogP contribution in [0.15, 0.2) is 6.20 Å². The number of rotatable bonds is 2. The predicted octanol–water partition coefficient (Wildman–Crippen LogP) is 2.25. The van der Waals surface area contributed by atoms with Crippen molar-refractivity contribution in [2.45, 2.75) is 39.5 Å². The molecule has 0 bridgehead atoms. The largest absolute Gasteiger partial charge is 0.395 e. The van der Waals surface area contributed by atoms with E-state index in [1.54, 1.807) is 4.68 Å². The third kappa shape index (κ3) is 2.00. The second-order valence-electron chi connectivity index (χ2n) is 5.58. The van der Waals surface area contributed by atoms with Gasteiger partial charge in [0.1, 0.15) is 5.69 Å². The van der Waals surface area contributed by atoms with Gasteiger partial charge in [0.05, 0.1) is 11.4 Å². The Bertz CT molecular complexity index is 556. The van der Waals surface area contributed by atoms with E-state index in [1.165, 1.54) is 0 Å². The lowest BCUT2D eigenvalue weighted by atomic mass is 9.93. The molecule has 0 aromatic carbocycles. The average molecular weight is 247 g/mol. The maximum Gasteiger partial charge on any atom is 0.158 e. The number of imidazole rings is 1. The topological polar surface area (TPSA) is 72.5 Å². The first-order chi connectivity index (χ1) is 8.34. The molecule has 0 aliphatic rings. The van der Waals surface area contributed by atoms with Crippen LogP contribution >= 0.6 is 0 Å². The summed E-state index contributed by atoms with van der Waals surface area (Å²) in [4.78, 5) is 7.76. The van der Waals surface area contributed by atoms with Crippen molar-refractivity contribution in [1.82, 2.24) is 19.7 Å². The minimum Gasteiger partial charge on any atom is -0.395 e. The Hall–Kier alpha value is -1.78. The molecule has 18 heavy (non-hydrogen) atoms. The van der Waals surface area contributed by atoms with Crippen molar-refractivity contribution in [1.29, 1.82) is 0 Å². The predicted molar refractivity (Wildman–Crippen MR) is 73.3 cm³/mol. The lowest BCUT2D eigenvalue weighted by Crippen LogP contribution is -2.11. The van der Waals surface area contributed by atoms with Crippen LogP contribution in [0.25, 0.3) is 11.5 Å². The smallest absolute Gasteiger partial charge is 0.158 e. The third-order valence-corrected chi connectivity index (χ3v) is 3.10. The molecular weight excluding hydrogens is 226 g/mol. The summed E-state index contributed by atoms with van der Waals surface area (Å²) in [6.07, 6.45) is 2.69. The van der Waals surface area contributed by atoms with Gasteiger partial charge in [-0.25, -0.2) is 4.98 Å². The zero-order valence-corrected chi connectivity index (χ0v) is 11.7. The first kappa shape index (κ1) is 12.7. The lowest BCUT2D eigenvalue weighted by Gasteiger charge is -2.15. The summed E-state index contributed by atoms with van der Waals surface area (Å²) >= 11 is 0. The fourth-order valence-electron chi connectivity index (χ4n) is 1.96. The van der Waals surface area contributed by atoms with Gasteiger partial charge in [0, 0.05) is 24.4 Å². The van der Waals surface area contributed by atoms with Crippen molar-refractivity contribution >= 4 is 5.69 Å². The molecule has 5 heteroatoms. The monoisotopic (exact) mass is 247 g/mol. The Morgan fingerprint density at radius 1 is 1.39 bits per heavy atom. The van der Waals surface area contributed by atoms with Gasteiger partial charge in [-0.05, 0) is 6.42 Å². The number of nitrogen functional groups attached to an aromatic ring is 1. The molecule has 0 aliphatic heterocycles. The fourth-order valence-corrected chi connectivity index (χ4v) is 1.96. The quantitative estimate of drug-likeness (QED) is 0.855. The molecule has 98 valence electrons. The van der Waals surface area contributed by atoms with Gasteiger partial charge in [-0.3, -0.25) is 4.68 Å². The van der Waals surface area contributed by atoms with E-state index in [4.69, 9.17) is 5.73 Å². The molecule has 2 aromatic rings. The van der Waals surface area contributed by atoms with Crippen molar-refractivity contribution in [2.24, 2.45) is 7.05 Å². The van der Waals surface area contributed by atoms with Crippen molar-refractivity contribution < 1.29 is 0 Å². The van der Waals surface area contributed by atoms with E-state index >= 15 is 0 Å². The number of nitrogens with zero attached hydrogens (tertiary/aromatic N) is 3. The van der Waals surface area contributed by atoms with E-state index in [9.17, 15) is 0 Å². The van der Waals surface area contributed by atoms with Crippen LogP contribution in [0, 0.1) is 0 Å². The van der Waals surface area contributed by atoms with Gasteiger partial charge >= 0.3 is 0 Å². The van der Waals surface area contributed by atoms with E-state index < -0.39 is 0 Å². The second kappa shape index (κ2) is 4.15. The van der Waals surface area contributed by atoms with Gasteiger partial charge in [-0.1, -0.05) is 27.7 Å². The number of aryl methyl sites for hydroxylation is 2. The second-order valence-corrected chi connectivity index (χ2v) is 5.58. The molecule has 0 unspecified atom stereocenters. The van der Waals surface area contributed by atoms with E-state index in [1.807, 2.05) is 20.2 Å². The van der Waals surface area contributed by atoms with Gasteiger partial charge in [0.15, 0.2) is 5.82 Å². The standard InChI is InChI=1S/C13H21N5/c1-6-8-10(14)11(18(5)17-8)12-15-7-9(16-12)13(2,3)4/h7H,6,14H2,1-5H3,(H,15,16). The number of hydrogen-bond acceptors (Lipinski definition) is 3. The molecule has 0 atom stereocenters. The number of nitrogens with one attached hydrogen (secondary N) is 1. The highest BCUT2D eigenvalue weighted by atomic mass is 15.3. The van der Waals surface area contributed by atoms with E-state index in [2.05, 4.69) is 35.8 Å². The number of hydrogen-bond donors (Lipinski definition) is 2. The lowest BCUT2D eigenvalue weighted by molar-refractivity contribution is 0.572. The highest BCUT2D eigenvalue weighted by molar-refractivity contribution is 5.70. The van der Waals surface area contributed by atoms with Crippen LogP contribution in [-0.4, -0.2) is 19.7 Å². The van der Waals surface area contributed by atoms with Crippen molar-refractivity contribution in [2.75, 3.05) is 5.73 Å². The molecule has 2 aromatic heterocycles. The first-order valence-corrected chi connectivity index (χ1v) is 6.21. The maximum absolute atomic E-state index is 6.12. The molecule has 2 heterocycles. The Balaban J connectivity index is 2.50. The fraction of sp³-hybridized carbons (Fsp3) is 0.538. The summed E-state index contributed by atoms with van der Waals surface area (Å²) in [5, 5.41) is 4.41. The van der Waals surface area contributed by atoms with Crippen LogP contribution in [-0.2, 0) is 18.9 Å². The van der Waals surface area contributed by atoms with Crippen LogP contribution in [0.3, 0.4) is 0 Å². The SMILES string of the molecule is CCc1nn(C)c(-c2ncc(C(C)(C)C)[nH]2)c1N. The zero-order valence-electron chi connectivity index (χ0n) is 11.7. The van der Waals surface area contributed by atoms with Crippen LogP contribution in [0.5, 0.6) is 0 Å². The first-order valence-electron chi connectivity index (χ1n) is 6.21. The molecule has 0 aliphatic carbocycles. The van der Waals surface area contributed by atoms with Crippen LogP contribution < -0.4 is 5.73 Å². The van der Waals surface area contributed by atoms with Crippen molar-refractivity contribution in [3.8, 4) is 11.5 Å². The normalized spacial score (nSPS) is 12.1.